The van der Waals surface area contributed by atoms with E-state index in [1.54, 1.807) is 0 Å². The summed E-state index contributed by atoms with van der Waals surface area (Å²) in [5, 5.41) is 0. The Labute approximate surface area is 154 Å². The normalized spacial score (nSPS) is 17.4. The molecule has 1 aromatic carbocycles. The number of ketones is 1. The van der Waals surface area contributed by atoms with Gasteiger partial charge in [0.25, 0.3) is 0 Å². The van der Waals surface area contributed by atoms with Gasteiger partial charge in [0.2, 0.25) is 0 Å². The molecule has 1 aromatic rings. The largest absolute Gasteiger partial charge is 2.00 e. The summed E-state index contributed by atoms with van der Waals surface area (Å²) in [6.07, 6.45) is 14.6. The average Bonchev–Trinajstić information content (AvgIpc) is 3.14. The number of hydrogen-bond donors (Lipinski definition) is 0. The van der Waals surface area contributed by atoms with Gasteiger partial charge in [0.15, 0.2) is 5.78 Å². The van der Waals surface area contributed by atoms with Crippen LogP contribution in [0.1, 0.15) is 42.5 Å². The Kier molecular flexibility index (Phi) is 13.8. The maximum atomic E-state index is 12.0. The molecule has 22 heavy (non-hydrogen) atoms. The summed E-state index contributed by atoms with van der Waals surface area (Å²) in [5.41, 5.74) is 0.795. The molecule has 0 saturated heterocycles. The first kappa shape index (κ1) is 23.6. The molecule has 0 spiro atoms. The number of carbonyl (C=O) groups is 1. The molecule has 0 unspecified atom stereocenters. The fraction of sp³-hybridized carbons (Fsp3) is 0.316. The van der Waals surface area contributed by atoms with E-state index in [1.807, 2.05) is 30.3 Å². The van der Waals surface area contributed by atoms with Crippen molar-refractivity contribution in [2.45, 2.75) is 32.1 Å². The molecule has 0 heterocycles. The van der Waals surface area contributed by atoms with E-state index in [2.05, 4.69) is 34.2 Å². The molecule has 1 nitrogen and oxygen atoms in total. The van der Waals surface area contributed by atoms with E-state index < -0.39 is 0 Å². The minimum absolute atomic E-state index is 0. The van der Waals surface area contributed by atoms with Crippen molar-refractivity contribution < 1.29 is 21.9 Å². The Morgan fingerprint density at radius 2 is 1.64 bits per heavy atom. The zero-order valence-corrected chi connectivity index (χ0v) is 16.1. The van der Waals surface area contributed by atoms with Crippen LogP contribution in [-0.2, 0) is 17.1 Å². The van der Waals surface area contributed by atoms with Crippen LogP contribution in [-0.4, -0.2) is 5.78 Å². The molecule has 0 amide bonds. The predicted molar refractivity (Wildman–Crippen MR) is 96.2 cm³/mol. The second-order valence-corrected chi connectivity index (χ2v) is 5.71. The Morgan fingerprint density at radius 3 is 2.09 bits per heavy atom. The van der Waals surface area contributed by atoms with Crippen LogP contribution in [0.25, 0.3) is 0 Å². The molecule has 0 radical (unpaired) electrons. The van der Waals surface area contributed by atoms with E-state index in [-0.39, 0.29) is 43.6 Å². The maximum absolute atomic E-state index is 12.0. The van der Waals surface area contributed by atoms with E-state index in [1.165, 1.54) is 19.3 Å². The van der Waals surface area contributed by atoms with Crippen molar-refractivity contribution in [2.24, 2.45) is 5.92 Å². The van der Waals surface area contributed by atoms with E-state index in [4.69, 9.17) is 0 Å². The number of rotatable bonds is 2. The first-order valence-corrected chi connectivity index (χ1v) is 7.69. The van der Waals surface area contributed by atoms with Crippen molar-refractivity contribution >= 4 is 21.7 Å². The van der Waals surface area contributed by atoms with Gasteiger partial charge in [0.05, 0.1) is 0 Å². The predicted octanol–water partition coefficient (Wildman–Crippen LogP) is 6.22. The molecule has 2 aliphatic rings. The number of halogens is 1. The first-order valence-electron chi connectivity index (χ1n) is 6.89. The van der Waals surface area contributed by atoms with Crippen molar-refractivity contribution in [3.05, 3.63) is 73.5 Å². The van der Waals surface area contributed by atoms with Crippen molar-refractivity contribution in [3.63, 3.8) is 0 Å². The third-order valence-corrected chi connectivity index (χ3v) is 4.09. The van der Waals surface area contributed by atoms with Gasteiger partial charge in [-0.1, -0.05) is 58.4 Å². The summed E-state index contributed by atoms with van der Waals surface area (Å²) >= 11 is 3.40. The molecule has 1 atom stereocenters. The van der Waals surface area contributed by atoms with Crippen molar-refractivity contribution in [3.8, 4) is 0 Å². The minimum atomic E-state index is 0. The Bertz CT molecular complexity index is 488. The molecule has 122 valence electrons. The van der Waals surface area contributed by atoms with Gasteiger partial charge in [-0.25, -0.2) is 0 Å². The monoisotopic (exact) mass is 404 g/mol. The first-order chi connectivity index (χ1) is 9.29. The van der Waals surface area contributed by atoms with E-state index in [0.29, 0.717) is 0 Å². The SMILES string of the molecule is C1=CCCC1.O=C(c1ccccc1Br)[C@H]1C=CCC1.[CH3-].[CH3-].[Fe+2]. The van der Waals surface area contributed by atoms with E-state index in [9.17, 15) is 4.79 Å². The molecule has 0 N–H and O–H groups in total. The quantitative estimate of drug-likeness (QED) is 0.247. The van der Waals surface area contributed by atoms with Crippen LogP contribution in [0.3, 0.4) is 0 Å². The Morgan fingerprint density at radius 1 is 1.00 bits per heavy atom. The van der Waals surface area contributed by atoms with Gasteiger partial charge in [-0.05, 0) is 38.2 Å². The molecular formula is C19H25BrFeO. The third kappa shape index (κ3) is 7.09. The van der Waals surface area contributed by atoms with Gasteiger partial charge < -0.3 is 14.9 Å². The van der Waals surface area contributed by atoms with Crippen LogP contribution < -0.4 is 0 Å². The number of allylic oxidation sites excluding steroid dienone is 4. The van der Waals surface area contributed by atoms with E-state index >= 15 is 0 Å². The second kappa shape index (κ2) is 12.9. The number of hydrogen-bond acceptors (Lipinski definition) is 1. The van der Waals surface area contributed by atoms with Crippen LogP contribution in [0.15, 0.2) is 53.0 Å². The molecule has 3 rings (SSSR count). The van der Waals surface area contributed by atoms with Crippen LogP contribution in [0, 0.1) is 20.8 Å². The molecule has 0 bridgehead atoms. The van der Waals surface area contributed by atoms with Crippen LogP contribution in [0.2, 0.25) is 0 Å². The molecular weight excluding hydrogens is 380 g/mol. The molecule has 0 saturated carbocycles. The topological polar surface area (TPSA) is 17.1 Å². The summed E-state index contributed by atoms with van der Waals surface area (Å²) in [6.45, 7) is 0. The zero-order valence-electron chi connectivity index (χ0n) is 13.4. The summed E-state index contributed by atoms with van der Waals surface area (Å²) in [4.78, 5) is 12.0. The average molecular weight is 405 g/mol. The summed E-state index contributed by atoms with van der Waals surface area (Å²) in [6, 6.07) is 7.60. The fourth-order valence-corrected chi connectivity index (χ4v) is 2.78. The van der Waals surface area contributed by atoms with Crippen molar-refractivity contribution in [1.29, 1.82) is 0 Å². The molecule has 0 fully saturated rings. The molecule has 0 aliphatic heterocycles. The number of Topliss-reactive ketones (excluding diaryl/α,β-unsaturated/α-hetero) is 1. The number of carbonyl (C=O) groups excluding carboxylic acids is 1. The summed E-state index contributed by atoms with van der Waals surface area (Å²) in [7, 11) is 0. The van der Waals surface area contributed by atoms with Gasteiger partial charge in [0.1, 0.15) is 0 Å². The summed E-state index contributed by atoms with van der Waals surface area (Å²) in [5.74, 6) is 0.319. The van der Waals surface area contributed by atoms with Crippen molar-refractivity contribution in [2.75, 3.05) is 0 Å². The molecule has 3 heteroatoms. The second-order valence-electron chi connectivity index (χ2n) is 4.86. The van der Waals surface area contributed by atoms with Crippen LogP contribution in [0.5, 0.6) is 0 Å². The van der Waals surface area contributed by atoms with Gasteiger partial charge in [0, 0.05) is 16.0 Å². The third-order valence-electron chi connectivity index (χ3n) is 3.40. The van der Waals surface area contributed by atoms with Crippen LogP contribution in [0.4, 0.5) is 0 Å². The van der Waals surface area contributed by atoms with Gasteiger partial charge in [-0.15, -0.1) is 0 Å². The Balaban J connectivity index is 0. The fourth-order valence-electron chi connectivity index (χ4n) is 2.30. The van der Waals surface area contributed by atoms with Gasteiger partial charge in [-0.3, -0.25) is 4.79 Å². The minimum Gasteiger partial charge on any atom is -0.358 e. The molecule has 0 aromatic heterocycles. The summed E-state index contributed by atoms with van der Waals surface area (Å²) < 4.78 is 0.894. The van der Waals surface area contributed by atoms with Crippen LogP contribution >= 0.6 is 15.9 Å². The van der Waals surface area contributed by atoms with E-state index in [0.717, 1.165) is 22.9 Å². The zero-order chi connectivity index (χ0) is 13.5. The molecule has 2 aliphatic carbocycles. The number of benzene rings is 1. The van der Waals surface area contributed by atoms with Gasteiger partial charge >= 0.3 is 17.1 Å². The van der Waals surface area contributed by atoms with Crippen molar-refractivity contribution in [1.82, 2.24) is 0 Å². The standard InChI is InChI=1S/C12H11BrO.C5H8.2CH3.Fe/c13-11-8-4-3-7-10(11)12(14)9-5-1-2-6-9;1-2-4-5-3-1;;;/h1,3-5,7-9H,2,6H2;1-2H,3-5H2;2*1H3;/q;;2*-1;+2/t9-;;;;/m0..../s1. The maximum Gasteiger partial charge on any atom is 2.00 e. The smallest absolute Gasteiger partial charge is 0.358 e. The Hall–Kier alpha value is -0.631. The van der Waals surface area contributed by atoms with Gasteiger partial charge in [-0.2, -0.15) is 0 Å².